The fourth-order valence-corrected chi connectivity index (χ4v) is 2.77. The number of halogens is 1. The molecule has 84 valence electrons. The van der Waals surface area contributed by atoms with E-state index in [0.29, 0.717) is 0 Å². The first-order chi connectivity index (χ1) is 6.94. The summed E-state index contributed by atoms with van der Waals surface area (Å²) in [5, 5.41) is 3.04. The molecule has 0 saturated carbocycles. The number of thiophene rings is 1. The Balaban J connectivity index is 2.63. The zero-order chi connectivity index (χ0) is 11.5. The third-order valence-corrected chi connectivity index (χ3v) is 3.75. The Morgan fingerprint density at radius 1 is 1.53 bits per heavy atom. The van der Waals surface area contributed by atoms with Gasteiger partial charge in [0.1, 0.15) is 0 Å². The topological polar surface area (TPSA) is 29.1 Å². The maximum absolute atomic E-state index is 11.8. The third kappa shape index (κ3) is 3.95. The smallest absolute Gasteiger partial charge is 0.261 e. The normalized spacial score (nSPS) is 11.5. The molecule has 0 unspecified atom stereocenters. The van der Waals surface area contributed by atoms with Crippen LogP contribution in [0.25, 0.3) is 0 Å². The molecule has 1 aromatic rings. The van der Waals surface area contributed by atoms with Gasteiger partial charge in [-0.3, -0.25) is 4.79 Å². The van der Waals surface area contributed by atoms with Gasteiger partial charge in [-0.1, -0.05) is 13.3 Å². The van der Waals surface area contributed by atoms with Gasteiger partial charge >= 0.3 is 0 Å². The summed E-state index contributed by atoms with van der Waals surface area (Å²) < 4.78 is 0.987. The van der Waals surface area contributed by atoms with E-state index in [1.54, 1.807) is 0 Å². The van der Waals surface area contributed by atoms with Crippen molar-refractivity contribution in [3.05, 3.63) is 20.8 Å². The van der Waals surface area contributed by atoms with E-state index in [1.165, 1.54) is 11.3 Å². The summed E-state index contributed by atoms with van der Waals surface area (Å²) in [7, 11) is 0. The second kappa shape index (κ2) is 5.12. The van der Waals surface area contributed by atoms with Crippen LogP contribution in [0.1, 0.15) is 43.3 Å². The Morgan fingerprint density at radius 3 is 2.67 bits per heavy atom. The van der Waals surface area contributed by atoms with Gasteiger partial charge in [0.2, 0.25) is 0 Å². The van der Waals surface area contributed by atoms with Gasteiger partial charge in [-0.2, -0.15) is 0 Å². The molecule has 0 saturated heterocycles. The summed E-state index contributed by atoms with van der Waals surface area (Å²) in [6.07, 6.45) is 2.06. The van der Waals surface area contributed by atoms with Gasteiger partial charge in [-0.25, -0.2) is 0 Å². The Morgan fingerprint density at radius 2 is 2.20 bits per heavy atom. The molecule has 0 atom stereocenters. The number of hydrogen-bond acceptors (Lipinski definition) is 2. The second-order valence-corrected chi connectivity index (χ2v) is 6.65. The molecule has 0 aliphatic heterocycles. The molecular formula is C11H16BrNOS. The zero-order valence-electron chi connectivity index (χ0n) is 9.26. The Bertz CT molecular complexity index is 346. The molecule has 0 aliphatic carbocycles. The maximum Gasteiger partial charge on any atom is 0.261 e. The first-order valence-corrected chi connectivity index (χ1v) is 6.63. The van der Waals surface area contributed by atoms with E-state index in [-0.39, 0.29) is 11.4 Å². The van der Waals surface area contributed by atoms with E-state index in [1.807, 2.05) is 12.1 Å². The third-order valence-electron chi connectivity index (χ3n) is 2.12. The molecule has 1 aromatic heterocycles. The fraction of sp³-hybridized carbons (Fsp3) is 0.545. The molecule has 4 heteroatoms. The van der Waals surface area contributed by atoms with Gasteiger partial charge in [0.15, 0.2) is 0 Å². The summed E-state index contributed by atoms with van der Waals surface area (Å²) in [4.78, 5) is 12.6. The van der Waals surface area contributed by atoms with Crippen molar-refractivity contribution in [3.63, 3.8) is 0 Å². The summed E-state index contributed by atoms with van der Waals surface area (Å²) in [5.74, 6) is 0.0177. The molecule has 0 spiro atoms. The number of amides is 1. The van der Waals surface area contributed by atoms with Gasteiger partial charge in [-0.05, 0) is 48.3 Å². The Kier molecular flexibility index (Phi) is 4.34. The lowest BCUT2D eigenvalue weighted by Crippen LogP contribution is -2.42. The van der Waals surface area contributed by atoms with Crippen LogP contribution < -0.4 is 5.32 Å². The SMILES string of the molecule is CCCC(C)(C)NC(=O)c1ccc(Br)s1. The van der Waals surface area contributed by atoms with Crippen LogP contribution >= 0.6 is 27.3 Å². The fourth-order valence-electron chi connectivity index (χ4n) is 1.49. The predicted molar refractivity (Wildman–Crippen MR) is 68.5 cm³/mol. The molecule has 1 rings (SSSR count). The van der Waals surface area contributed by atoms with E-state index in [9.17, 15) is 4.79 Å². The molecule has 0 aliphatic rings. The molecule has 0 bridgehead atoms. The largest absolute Gasteiger partial charge is 0.346 e. The molecule has 2 nitrogen and oxygen atoms in total. The van der Waals surface area contributed by atoms with Crippen LogP contribution in [0.4, 0.5) is 0 Å². The van der Waals surface area contributed by atoms with E-state index in [0.717, 1.165) is 21.5 Å². The van der Waals surface area contributed by atoms with E-state index in [4.69, 9.17) is 0 Å². The molecule has 15 heavy (non-hydrogen) atoms. The van der Waals surface area contributed by atoms with Crippen molar-refractivity contribution in [2.75, 3.05) is 0 Å². The summed E-state index contributed by atoms with van der Waals surface area (Å²) in [6, 6.07) is 3.73. The highest BCUT2D eigenvalue weighted by atomic mass is 79.9. The van der Waals surface area contributed by atoms with E-state index in [2.05, 4.69) is 42.0 Å². The second-order valence-electron chi connectivity index (χ2n) is 4.19. The molecule has 0 fully saturated rings. The van der Waals surface area contributed by atoms with Crippen molar-refractivity contribution in [2.45, 2.75) is 39.2 Å². The summed E-state index contributed by atoms with van der Waals surface area (Å²) in [6.45, 7) is 6.23. The molecule has 1 N–H and O–H groups in total. The highest BCUT2D eigenvalue weighted by Crippen LogP contribution is 2.22. The number of carbonyl (C=O) groups is 1. The average Bonchev–Trinajstić information content (AvgIpc) is 2.50. The van der Waals surface area contributed by atoms with Crippen molar-refractivity contribution >= 4 is 33.2 Å². The zero-order valence-corrected chi connectivity index (χ0v) is 11.7. The van der Waals surface area contributed by atoms with Crippen LogP contribution in [0, 0.1) is 0 Å². The highest BCUT2D eigenvalue weighted by Gasteiger charge is 2.20. The predicted octanol–water partition coefficient (Wildman–Crippen LogP) is 3.82. The number of hydrogen-bond donors (Lipinski definition) is 1. The van der Waals surface area contributed by atoms with Crippen molar-refractivity contribution in [2.24, 2.45) is 0 Å². The van der Waals surface area contributed by atoms with E-state index < -0.39 is 0 Å². The Labute approximate surface area is 103 Å². The van der Waals surface area contributed by atoms with Gasteiger partial charge in [0, 0.05) is 5.54 Å². The van der Waals surface area contributed by atoms with Crippen molar-refractivity contribution in [1.29, 1.82) is 0 Å². The van der Waals surface area contributed by atoms with E-state index >= 15 is 0 Å². The average molecular weight is 290 g/mol. The minimum absolute atomic E-state index is 0.0177. The van der Waals surface area contributed by atoms with Crippen molar-refractivity contribution < 1.29 is 4.79 Å². The Hall–Kier alpha value is -0.350. The molecule has 0 aromatic carbocycles. The number of rotatable bonds is 4. The van der Waals surface area contributed by atoms with Crippen LogP contribution in [0.3, 0.4) is 0 Å². The van der Waals surface area contributed by atoms with Gasteiger partial charge in [-0.15, -0.1) is 11.3 Å². The van der Waals surface area contributed by atoms with Crippen LogP contribution in [-0.2, 0) is 0 Å². The first-order valence-electron chi connectivity index (χ1n) is 5.02. The van der Waals surface area contributed by atoms with Gasteiger partial charge < -0.3 is 5.32 Å². The minimum Gasteiger partial charge on any atom is -0.346 e. The van der Waals surface area contributed by atoms with Gasteiger partial charge in [0.05, 0.1) is 8.66 Å². The minimum atomic E-state index is -0.123. The van der Waals surface area contributed by atoms with Crippen LogP contribution in [0.2, 0.25) is 0 Å². The number of carbonyl (C=O) groups excluding carboxylic acids is 1. The molecule has 0 radical (unpaired) electrons. The lowest BCUT2D eigenvalue weighted by atomic mass is 9.99. The van der Waals surface area contributed by atoms with Crippen LogP contribution in [-0.4, -0.2) is 11.4 Å². The standard InChI is InChI=1S/C11H16BrNOS/c1-4-7-11(2,3)13-10(14)8-5-6-9(12)15-8/h5-6H,4,7H2,1-3H3,(H,13,14). The lowest BCUT2D eigenvalue weighted by molar-refractivity contribution is 0.0913. The molecular weight excluding hydrogens is 274 g/mol. The highest BCUT2D eigenvalue weighted by molar-refractivity contribution is 9.11. The van der Waals surface area contributed by atoms with Gasteiger partial charge in [0.25, 0.3) is 5.91 Å². The van der Waals surface area contributed by atoms with Crippen molar-refractivity contribution in [1.82, 2.24) is 5.32 Å². The summed E-state index contributed by atoms with van der Waals surface area (Å²) >= 11 is 4.81. The van der Waals surface area contributed by atoms with Crippen LogP contribution in [0.5, 0.6) is 0 Å². The summed E-state index contributed by atoms with van der Waals surface area (Å²) in [5.41, 5.74) is -0.123. The van der Waals surface area contributed by atoms with Crippen molar-refractivity contribution in [3.8, 4) is 0 Å². The first kappa shape index (κ1) is 12.7. The molecule has 1 heterocycles. The number of nitrogens with one attached hydrogen (secondary N) is 1. The monoisotopic (exact) mass is 289 g/mol. The van der Waals surface area contributed by atoms with Crippen LogP contribution in [0.15, 0.2) is 15.9 Å². The maximum atomic E-state index is 11.8. The molecule has 1 amide bonds. The lowest BCUT2D eigenvalue weighted by Gasteiger charge is -2.25. The quantitative estimate of drug-likeness (QED) is 0.897.